The van der Waals surface area contributed by atoms with E-state index >= 15 is 0 Å². The van der Waals surface area contributed by atoms with E-state index in [0.29, 0.717) is 19.3 Å². The minimum Gasteiger partial charge on any atom is -0.467 e. The highest BCUT2D eigenvalue weighted by Crippen LogP contribution is 2.35. The number of para-hydroxylation sites is 1. The van der Waals surface area contributed by atoms with Crippen LogP contribution < -0.4 is 4.90 Å². The third-order valence-corrected chi connectivity index (χ3v) is 5.65. The molecule has 0 saturated carbocycles. The van der Waals surface area contributed by atoms with E-state index in [1.54, 1.807) is 4.90 Å². The largest absolute Gasteiger partial charge is 0.467 e. The van der Waals surface area contributed by atoms with Gasteiger partial charge in [0.15, 0.2) is 0 Å². The van der Waals surface area contributed by atoms with Crippen LogP contribution in [0, 0.1) is 0 Å². The molecule has 2 heterocycles. The number of piperidine rings is 1. The summed E-state index contributed by atoms with van der Waals surface area (Å²) in [5.74, 6) is -0.406. The lowest BCUT2D eigenvalue weighted by Crippen LogP contribution is -2.62. The number of ether oxygens (including phenoxy) is 1. The first-order valence-electron chi connectivity index (χ1n) is 10.2. The third-order valence-electron chi connectivity index (χ3n) is 5.65. The maximum Gasteiger partial charge on any atom is 0.332 e. The molecule has 1 aromatic carbocycles. The van der Waals surface area contributed by atoms with Crippen LogP contribution >= 0.6 is 0 Å². The van der Waals surface area contributed by atoms with Crippen molar-refractivity contribution in [2.45, 2.75) is 38.1 Å². The van der Waals surface area contributed by atoms with Crippen molar-refractivity contribution in [1.29, 1.82) is 0 Å². The van der Waals surface area contributed by atoms with Gasteiger partial charge in [-0.15, -0.1) is 0 Å². The second-order valence-electron chi connectivity index (χ2n) is 7.35. The van der Waals surface area contributed by atoms with Gasteiger partial charge in [-0.1, -0.05) is 31.2 Å². The van der Waals surface area contributed by atoms with Crippen molar-refractivity contribution in [2.24, 2.45) is 0 Å². The zero-order chi connectivity index (χ0) is 20.7. The molecule has 29 heavy (non-hydrogen) atoms. The van der Waals surface area contributed by atoms with E-state index in [-0.39, 0.29) is 11.9 Å². The number of hydrogen-bond acceptors (Lipinski definition) is 5. The summed E-state index contributed by atoms with van der Waals surface area (Å²) in [4.78, 5) is 34.3. The Morgan fingerprint density at radius 1 is 1.10 bits per heavy atom. The van der Waals surface area contributed by atoms with Crippen LogP contribution in [0.15, 0.2) is 54.7 Å². The SMILES string of the molecule is CCC(=O)N(c1ccccc1)C1(C(=O)OC)CCN(CCc2ccccn2)CC1. The summed E-state index contributed by atoms with van der Waals surface area (Å²) in [6, 6.07) is 15.4. The Labute approximate surface area is 172 Å². The molecule has 0 bridgehead atoms. The number of methoxy groups -OCH3 is 1. The van der Waals surface area contributed by atoms with E-state index in [1.165, 1.54) is 7.11 Å². The molecule has 0 radical (unpaired) electrons. The maximum absolute atomic E-state index is 13.0. The second-order valence-corrected chi connectivity index (χ2v) is 7.35. The number of anilines is 1. The zero-order valence-corrected chi connectivity index (χ0v) is 17.2. The van der Waals surface area contributed by atoms with Gasteiger partial charge >= 0.3 is 5.97 Å². The number of benzene rings is 1. The second kappa shape index (κ2) is 9.65. The van der Waals surface area contributed by atoms with Crippen LogP contribution in [0.4, 0.5) is 5.69 Å². The highest BCUT2D eigenvalue weighted by Gasteiger charge is 2.49. The highest BCUT2D eigenvalue weighted by atomic mass is 16.5. The zero-order valence-electron chi connectivity index (χ0n) is 17.2. The van der Waals surface area contributed by atoms with Gasteiger partial charge in [-0.3, -0.25) is 14.7 Å². The van der Waals surface area contributed by atoms with Gasteiger partial charge in [-0.05, 0) is 37.1 Å². The number of carbonyl (C=O) groups is 2. The van der Waals surface area contributed by atoms with E-state index in [9.17, 15) is 9.59 Å². The average molecular weight is 396 g/mol. The molecule has 2 aromatic rings. The van der Waals surface area contributed by atoms with Gasteiger partial charge in [0, 0.05) is 50.1 Å². The summed E-state index contributed by atoms with van der Waals surface area (Å²) in [6.45, 7) is 4.15. The smallest absolute Gasteiger partial charge is 0.332 e. The Morgan fingerprint density at radius 2 is 1.79 bits per heavy atom. The van der Waals surface area contributed by atoms with Crippen molar-refractivity contribution in [3.8, 4) is 0 Å². The fraction of sp³-hybridized carbons (Fsp3) is 0.435. The van der Waals surface area contributed by atoms with Crippen molar-refractivity contribution >= 4 is 17.6 Å². The number of pyridine rings is 1. The van der Waals surface area contributed by atoms with Crippen molar-refractivity contribution in [2.75, 3.05) is 31.6 Å². The Balaban J connectivity index is 1.79. The summed E-state index contributed by atoms with van der Waals surface area (Å²) in [5, 5.41) is 0. The molecule has 0 spiro atoms. The number of esters is 1. The predicted octanol–water partition coefficient (Wildman–Crippen LogP) is 3.07. The van der Waals surface area contributed by atoms with Crippen molar-refractivity contribution < 1.29 is 14.3 Å². The summed E-state index contributed by atoms with van der Waals surface area (Å²) in [7, 11) is 1.40. The molecular formula is C23H29N3O3. The van der Waals surface area contributed by atoms with Gasteiger partial charge < -0.3 is 9.64 Å². The van der Waals surface area contributed by atoms with Gasteiger partial charge in [-0.2, -0.15) is 0 Å². The Morgan fingerprint density at radius 3 is 2.38 bits per heavy atom. The monoisotopic (exact) mass is 395 g/mol. The highest BCUT2D eigenvalue weighted by molar-refractivity contribution is 6.02. The minimum atomic E-state index is -0.968. The Hall–Kier alpha value is -2.73. The lowest BCUT2D eigenvalue weighted by atomic mass is 9.84. The van der Waals surface area contributed by atoms with Gasteiger partial charge in [0.1, 0.15) is 5.54 Å². The molecular weight excluding hydrogens is 366 g/mol. The average Bonchev–Trinajstić information content (AvgIpc) is 2.79. The number of nitrogens with zero attached hydrogens (tertiary/aromatic N) is 3. The van der Waals surface area contributed by atoms with Crippen LogP contribution in [0.5, 0.6) is 0 Å². The van der Waals surface area contributed by atoms with Crippen LogP contribution in [0.25, 0.3) is 0 Å². The lowest BCUT2D eigenvalue weighted by molar-refractivity contribution is -0.151. The summed E-state index contributed by atoms with van der Waals surface area (Å²) < 4.78 is 5.19. The van der Waals surface area contributed by atoms with Crippen LogP contribution in [0.3, 0.4) is 0 Å². The van der Waals surface area contributed by atoms with E-state index in [0.717, 1.165) is 37.4 Å². The molecule has 154 valence electrons. The fourth-order valence-electron chi connectivity index (χ4n) is 4.04. The Bertz CT molecular complexity index is 803. The van der Waals surface area contributed by atoms with Gasteiger partial charge in [-0.25, -0.2) is 4.79 Å². The van der Waals surface area contributed by atoms with Crippen molar-refractivity contribution in [3.63, 3.8) is 0 Å². The van der Waals surface area contributed by atoms with Crippen molar-refractivity contribution in [1.82, 2.24) is 9.88 Å². The van der Waals surface area contributed by atoms with Gasteiger partial charge in [0.25, 0.3) is 0 Å². The number of likely N-dealkylation sites (tertiary alicyclic amines) is 1. The van der Waals surface area contributed by atoms with Gasteiger partial charge in [0.2, 0.25) is 5.91 Å². The summed E-state index contributed by atoms with van der Waals surface area (Å²) in [5.41, 5.74) is 0.834. The Kier molecular flexibility index (Phi) is 6.99. The molecule has 0 atom stereocenters. The first-order chi connectivity index (χ1) is 14.1. The number of aromatic nitrogens is 1. The normalized spacial score (nSPS) is 16.2. The number of hydrogen-bond donors (Lipinski definition) is 0. The standard InChI is InChI=1S/C23H29N3O3/c1-3-21(27)26(20-10-5-4-6-11-20)23(22(28)29-2)13-17-25(18-14-23)16-12-19-9-7-8-15-24-19/h4-11,15H,3,12-14,16-18H2,1-2H3. The van der Waals surface area contributed by atoms with E-state index in [2.05, 4.69) is 9.88 Å². The molecule has 6 nitrogen and oxygen atoms in total. The van der Waals surface area contributed by atoms with Crippen LogP contribution in [0.1, 0.15) is 31.9 Å². The third kappa shape index (κ3) is 4.65. The predicted molar refractivity (Wildman–Crippen MR) is 113 cm³/mol. The number of carbonyl (C=O) groups excluding carboxylic acids is 2. The maximum atomic E-state index is 13.0. The molecule has 1 aliphatic rings. The molecule has 1 amide bonds. The first-order valence-corrected chi connectivity index (χ1v) is 10.2. The first kappa shape index (κ1) is 21.0. The fourth-order valence-corrected chi connectivity index (χ4v) is 4.04. The summed E-state index contributed by atoms with van der Waals surface area (Å²) >= 11 is 0. The molecule has 0 unspecified atom stereocenters. The van der Waals surface area contributed by atoms with Crippen LogP contribution in [0.2, 0.25) is 0 Å². The van der Waals surface area contributed by atoms with E-state index in [1.807, 2.05) is 61.7 Å². The molecule has 1 aromatic heterocycles. The number of rotatable bonds is 7. The van der Waals surface area contributed by atoms with Crippen LogP contribution in [-0.4, -0.2) is 54.0 Å². The topological polar surface area (TPSA) is 62.7 Å². The van der Waals surface area contributed by atoms with E-state index < -0.39 is 5.54 Å². The van der Waals surface area contributed by atoms with E-state index in [4.69, 9.17) is 4.74 Å². The molecule has 1 saturated heterocycles. The molecule has 6 heteroatoms. The van der Waals surface area contributed by atoms with Crippen molar-refractivity contribution in [3.05, 3.63) is 60.4 Å². The quantitative estimate of drug-likeness (QED) is 0.674. The number of amides is 1. The summed E-state index contributed by atoms with van der Waals surface area (Å²) in [6.07, 6.45) is 4.09. The molecule has 1 fully saturated rings. The lowest BCUT2D eigenvalue weighted by Gasteiger charge is -2.46. The molecule has 1 aliphatic heterocycles. The molecule has 0 N–H and O–H groups in total. The minimum absolute atomic E-state index is 0.0662. The van der Waals surface area contributed by atoms with Gasteiger partial charge in [0.05, 0.1) is 7.11 Å². The molecule has 0 aliphatic carbocycles. The van der Waals surface area contributed by atoms with Crippen LogP contribution in [-0.2, 0) is 20.7 Å². The molecule has 3 rings (SSSR count).